The normalized spacial score (nSPS) is 10.9. The minimum Gasteiger partial charge on any atom is -0.457 e. The number of nitrogens with one attached hydrogen (secondary N) is 1. The zero-order chi connectivity index (χ0) is 26.1. The number of ketones is 1. The highest BCUT2D eigenvalue weighted by Gasteiger charge is 2.17. The van der Waals surface area contributed by atoms with Crippen molar-refractivity contribution in [3.63, 3.8) is 0 Å². The molecular weight excluding hydrogens is 550 g/mol. The van der Waals surface area contributed by atoms with Gasteiger partial charge >= 0.3 is 16.1 Å². The van der Waals surface area contributed by atoms with E-state index in [-0.39, 0.29) is 41.4 Å². The minimum atomic E-state index is -4.00. The number of esters is 1. The van der Waals surface area contributed by atoms with Gasteiger partial charge in [0.05, 0.1) is 0 Å². The lowest BCUT2D eigenvalue weighted by atomic mass is 10.1. The van der Waals surface area contributed by atoms with Crippen LogP contribution in [0, 0.1) is 6.92 Å². The quantitative estimate of drug-likeness (QED) is 0.193. The Morgan fingerprint density at radius 1 is 0.861 bits per heavy atom. The van der Waals surface area contributed by atoms with Gasteiger partial charge in [0, 0.05) is 28.6 Å². The van der Waals surface area contributed by atoms with E-state index in [0.717, 1.165) is 10.0 Å². The Labute approximate surface area is 217 Å². The largest absolute Gasteiger partial charge is 0.457 e. The lowest BCUT2D eigenvalue weighted by Crippen LogP contribution is -2.15. The zero-order valence-corrected chi connectivity index (χ0v) is 21.8. The van der Waals surface area contributed by atoms with Crippen LogP contribution >= 0.6 is 15.9 Å². The second-order valence-corrected chi connectivity index (χ2v) is 10.3. The molecule has 3 rings (SSSR count). The average molecular weight is 574 g/mol. The first-order chi connectivity index (χ1) is 17.1. The van der Waals surface area contributed by atoms with Gasteiger partial charge in [-0.15, -0.1) is 0 Å². The Morgan fingerprint density at radius 3 is 2.14 bits per heavy atom. The fraction of sp³-hybridized carbons (Fsp3) is 0.192. The monoisotopic (exact) mass is 573 g/mol. The summed E-state index contributed by atoms with van der Waals surface area (Å²) in [5, 5.41) is 2.73. The van der Waals surface area contributed by atoms with Crippen molar-refractivity contribution in [1.82, 2.24) is 0 Å². The van der Waals surface area contributed by atoms with Gasteiger partial charge in [-0.1, -0.05) is 33.6 Å². The molecule has 8 nitrogen and oxygen atoms in total. The fourth-order valence-corrected chi connectivity index (χ4v) is 4.22. The molecule has 188 valence electrons. The van der Waals surface area contributed by atoms with E-state index in [0.29, 0.717) is 5.69 Å². The molecule has 0 unspecified atom stereocenters. The van der Waals surface area contributed by atoms with E-state index in [4.69, 9.17) is 8.92 Å². The average Bonchev–Trinajstić information content (AvgIpc) is 2.84. The van der Waals surface area contributed by atoms with Crippen molar-refractivity contribution >= 4 is 49.4 Å². The third-order valence-corrected chi connectivity index (χ3v) is 6.76. The van der Waals surface area contributed by atoms with Gasteiger partial charge in [-0.25, -0.2) is 0 Å². The second kappa shape index (κ2) is 12.5. The molecule has 0 atom stereocenters. The summed E-state index contributed by atoms with van der Waals surface area (Å²) in [5.74, 6) is -1.23. The molecule has 0 spiro atoms. The summed E-state index contributed by atoms with van der Waals surface area (Å²) in [4.78, 5) is 36.2. The molecule has 0 heterocycles. The third-order valence-electron chi connectivity index (χ3n) is 4.97. The highest BCUT2D eigenvalue weighted by molar-refractivity contribution is 9.10. The van der Waals surface area contributed by atoms with E-state index in [2.05, 4.69) is 21.2 Å². The molecule has 0 saturated heterocycles. The Hall–Kier alpha value is -3.50. The van der Waals surface area contributed by atoms with Crippen molar-refractivity contribution < 1.29 is 31.7 Å². The summed E-state index contributed by atoms with van der Waals surface area (Å²) >= 11 is 3.32. The van der Waals surface area contributed by atoms with Crippen LogP contribution in [0.4, 0.5) is 5.69 Å². The number of carbonyl (C=O) groups is 3. The summed E-state index contributed by atoms with van der Waals surface area (Å²) in [5.41, 5.74) is 1.80. The first kappa shape index (κ1) is 27.1. The number of rotatable bonds is 11. The van der Waals surface area contributed by atoms with Crippen molar-refractivity contribution in [2.75, 3.05) is 11.9 Å². The molecule has 36 heavy (non-hydrogen) atoms. The number of halogens is 1. The van der Waals surface area contributed by atoms with Gasteiger partial charge in [-0.05, 0) is 74.0 Å². The van der Waals surface area contributed by atoms with Crippen molar-refractivity contribution in [1.29, 1.82) is 0 Å². The molecule has 0 aliphatic heterocycles. The molecule has 0 aromatic heterocycles. The fourth-order valence-electron chi connectivity index (χ4n) is 3.03. The van der Waals surface area contributed by atoms with Crippen LogP contribution in [-0.4, -0.2) is 32.7 Å². The number of hydrogen-bond acceptors (Lipinski definition) is 7. The predicted octanol–water partition coefficient (Wildman–Crippen LogP) is 5.06. The van der Waals surface area contributed by atoms with Crippen LogP contribution in [0.25, 0.3) is 0 Å². The van der Waals surface area contributed by atoms with Crippen molar-refractivity contribution in [3.05, 3.63) is 88.4 Å². The molecule has 3 aromatic rings. The SMILES string of the molecule is Cc1ccc(S(=O)(=O)Oc2ccc(C(=O)COC(=O)CCCC(=O)Nc3ccc(Br)cc3)cc2)cc1. The lowest BCUT2D eigenvalue weighted by Gasteiger charge is -2.08. The highest BCUT2D eigenvalue weighted by atomic mass is 79.9. The van der Waals surface area contributed by atoms with Crippen LogP contribution in [0.2, 0.25) is 0 Å². The maximum Gasteiger partial charge on any atom is 0.339 e. The maximum absolute atomic E-state index is 12.4. The Bertz CT molecular complexity index is 1320. The lowest BCUT2D eigenvalue weighted by molar-refractivity contribution is -0.142. The van der Waals surface area contributed by atoms with Crippen LogP contribution in [0.15, 0.2) is 82.2 Å². The van der Waals surface area contributed by atoms with Gasteiger partial charge in [0.15, 0.2) is 12.4 Å². The summed E-state index contributed by atoms with van der Waals surface area (Å²) in [6.07, 6.45) is 0.396. The molecule has 1 amide bonds. The first-order valence-electron chi connectivity index (χ1n) is 11.0. The Morgan fingerprint density at radius 2 is 1.50 bits per heavy atom. The number of amides is 1. The number of anilines is 1. The third kappa shape index (κ3) is 8.31. The number of hydrogen-bond donors (Lipinski definition) is 1. The number of Topliss-reactive ketones (excluding diaryl/α,β-unsaturated/α-hetero) is 1. The van der Waals surface area contributed by atoms with Crippen molar-refractivity contribution in [2.45, 2.75) is 31.1 Å². The highest BCUT2D eigenvalue weighted by Crippen LogP contribution is 2.20. The van der Waals surface area contributed by atoms with Gasteiger partial charge in [0.2, 0.25) is 5.91 Å². The molecule has 0 aliphatic carbocycles. The first-order valence-corrected chi connectivity index (χ1v) is 13.2. The van der Waals surface area contributed by atoms with Crippen molar-refractivity contribution in [3.8, 4) is 5.75 Å². The van der Waals surface area contributed by atoms with E-state index in [1.165, 1.54) is 36.4 Å². The van der Waals surface area contributed by atoms with Gasteiger partial charge < -0.3 is 14.2 Å². The zero-order valence-electron chi connectivity index (χ0n) is 19.4. The summed E-state index contributed by atoms with van der Waals surface area (Å²) in [7, 11) is -4.00. The summed E-state index contributed by atoms with van der Waals surface area (Å²) in [6, 6.07) is 18.8. The van der Waals surface area contributed by atoms with Crippen LogP contribution in [0.3, 0.4) is 0 Å². The van der Waals surface area contributed by atoms with E-state index in [9.17, 15) is 22.8 Å². The maximum atomic E-state index is 12.4. The van der Waals surface area contributed by atoms with E-state index in [1.54, 1.807) is 36.4 Å². The molecular formula is C26H24BrNO7S. The Balaban J connectivity index is 1.40. The second-order valence-electron chi connectivity index (χ2n) is 7.87. The Kier molecular flexibility index (Phi) is 9.38. The molecule has 1 N–H and O–H groups in total. The summed E-state index contributed by atoms with van der Waals surface area (Å²) in [6.45, 7) is 1.38. The number of benzene rings is 3. The smallest absolute Gasteiger partial charge is 0.339 e. The van der Waals surface area contributed by atoms with Crippen LogP contribution < -0.4 is 9.50 Å². The summed E-state index contributed by atoms with van der Waals surface area (Å²) < 4.78 is 35.7. The standard InChI is InChI=1S/C26H24BrNO7S/c1-18-5-15-23(16-6-18)36(32,33)35-22-13-7-19(8-14-22)24(29)17-34-26(31)4-2-3-25(30)28-21-11-9-20(27)10-12-21/h5-16H,2-4,17H2,1H3,(H,28,30). The molecule has 3 aromatic carbocycles. The van der Waals surface area contributed by atoms with E-state index < -0.39 is 28.5 Å². The van der Waals surface area contributed by atoms with E-state index in [1.807, 2.05) is 6.92 Å². The van der Waals surface area contributed by atoms with Crippen LogP contribution in [-0.2, 0) is 24.4 Å². The van der Waals surface area contributed by atoms with Gasteiger partial charge in [0.25, 0.3) is 0 Å². The van der Waals surface area contributed by atoms with Gasteiger partial charge in [-0.3, -0.25) is 14.4 Å². The number of aryl methyl sites for hydroxylation is 1. The predicted molar refractivity (Wildman–Crippen MR) is 137 cm³/mol. The van der Waals surface area contributed by atoms with Gasteiger partial charge in [-0.2, -0.15) is 8.42 Å². The topological polar surface area (TPSA) is 116 Å². The van der Waals surface area contributed by atoms with Gasteiger partial charge in [0.1, 0.15) is 10.6 Å². The molecule has 0 bridgehead atoms. The van der Waals surface area contributed by atoms with Crippen molar-refractivity contribution in [2.24, 2.45) is 0 Å². The molecule has 0 radical (unpaired) electrons. The molecule has 0 aliphatic rings. The number of ether oxygens (including phenoxy) is 1. The molecule has 0 saturated carbocycles. The molecule has 0 fully saturated rings. The van der Waals surface area contributed by atoms with Crippen LogP contribution in [0.5, 0.6) is 5.75 Å². The van der Waals surface area contributed by atoms with Crippen LogP contribution in [0.1, 0.15) is 35.2 Å². The number of carbonyl (C=O) groups excluding carboxylic acids is 3. The van der Waals surface area contributed by atoms with E-state index >= 15 is 0 Å². The minimum absolute atomic E-state index is 0.00924. The molecule has 10 heteroatoms.